The van der Waals surface area contributed by atoms with Crippen LogP contribution in [0.2, 0.25) is 0 Å². The highest BCUT2D eigenvalue weighted by molar-refractivity contribution is 5.97. The molecular formula is C19H23N3O3. The summed E-state index contributed by atoms with van der Waals surface area (Å²) in [5.74, 6) is 0.499. The van der Waals surface area contributed by atoms with E-state index in [4.69, 9.17) is 4.74 Å². The third-order valence-electron chi connectivity index (χ3n) is 3.34. The van der Waals surface area contributed by atoms with E-state index in [1.165, 1.54) is 0 Å². The molecule has 0 aliphatic heterocycles. The number of ether oxygens (including phenoxy) is 1. The molecule has 6 heteroatoms. The van der Waals surface area contributed by atoms with Gasteiger partial charge in [0.25, 0.3) is 0 Å². The minimum absolute atomic E-state index is 0.338. The number of pyridine rings is 1. The van der Waals surface area contributed by atoms with Crippen molar-refractivity contribution in [1.29, 1.82) is 0 Å². The predicted octanol–water partition coefficient (Wildman–Crippen LogP) is 3.88. The second-order valence-corrected chi connectivity index (χ2v) is 6.69. The van der Waals surface area contributed by atoms with Crippen LogP contribution in [-0.4, -0.2) is 30.0 Å². The maximum absolute atomic E-state index is 12.1. The van der Waals surface area contributed by atoms with Crippen molar-refractivity contribution in [2.24, 2.45) is 0 Å². The van der Waals surface area contributed by atoms with Crippen LogP contribution in [0.25, 0.3) is 0 Å². The Bertz CT molecular complexity index is 739. The Morgan fingerprint density at radius 1 is 1.24 bits per heavy atom. The van der Waals surface area contributed by atoms with Gasteiger partial charge in [-0.3, -0.25) is 10.1 Å². The van der Waals surface area contributed by atoms with Gasteiger partial charge in [-0.2, -0.15) is 0 Å². The maximum atomic E-state index is 12.1. The fourth-order valence-corrected chi connectivity index (χ4v) is 2.32. The number of carbonyl (C=O) groups is 2. The lowest BCUT2D eigenvalue weighted by molar-refractivity contribution is 0.0636. The van der Waals surface area contributed by atoms with Crippen LogP contribution in [0, 0.1) is 0 Å². The summed E-state index contributed by atoms with van der Waals surface area (Å²) in [4.78, 5) is 29.7. The summed E-state index contributed by atoms with van der Waals surface area (Å²) in [5, 5.41) is 2.66. The summed E-state index contributed by atoms with van der Waals surface area (Å²) in [6, 6.07) is 11.4. The van der Waals surface area contributed by atoms with Gasteiger partial charge in [-0.1, -0.05) is 30.3 Å². The predicted molar refractivity (Wildman–Crippen MR) is 98.0 cm³/mol. The smallest absolute Gasteiger partial charge is 0.412 e. The lowest BCUT2D eigenvalue weighted by atomic mass is 10.2. The lowest BCUT2D eigenvalue weighted by Crippen LogP contribution is -2.29. The molecule has 0 saturated heterocycles. The largest absolute Gasteiger partial charge is 0.444 e. The molecule has 0 aliphatic rings. The van der Waals surface area contributed by atoms with Gasteiger partial charge in [0.15, 0.2) is 12.1 Å². The number of benzene rings is 1. The Morgan fingerprint density at radius 3 is 2.52 bits per heavy atom. The van der Waals surface area contributed by atoms with E-state index < -0.39 is 11.7 Å². The first kappa shape index (κ1) is 18.4. The first-order valence-corrected chi connectivity index (χ1v) is 7.99. The number of aromatic nitrogens is 1. The van der Waals surface area contributed by atoms with Gasteiger partial charge in [-0.15, -0.1) is 0 Å². The third kappa shape index (κ3) is 5.31. The molecule has 0 bridgehead atoms. The second-order valence-electron chi connectivity index (χ2n) is 6.69. The summed E-state index contributed by atoms with van der Waals surface area (Å²) >= 11 is 0. The first-order valence-electron chi connectivity index (χ1n) is 7.99. The van der Waals surface area contributed by atoms with Crippen LogP contribution in [0.1, 0.15) is 36.7 Å². The molecule has 0 fully saturated rings. The van der Waals surface area contributed by atoms with Gasteiger partial charge < -0.3 is 9.64 Å². The maximum Gasteiger partial charge on any atom is 0.412 e. The highest BCUT2D eigenvalue weighted by atomic mass is 16.6. The molecule has 0 atom stereocenters. The molecule has 0 aliphatic carbocycles. The van der Waals surface area contributed by atoms with Crippen LogP contribution < -0.4 is 10.2 Å². The Hall–Kier alpha value is -2.89. The average Bonchev–Trinajstić information content (AvgIpc) is 2.54. The molecule has 2 rings (SSSR count). The van der Waals surface area contributed by atoms with E-state index in [2.05, 4.69) is 10.3 Å². The Balaban J connectivity index is 2.28. The molecule has 1 aromatic carbocycles. The number of aldehydes is 1. The SMILES string of the molecule is CN(Cc1ccccc1)c1nccc(C=O)c1NC(=O)OC(C)(C)C. The van der Waals surface area contributed by atoms with E-state index >= 15 is 0 Å². The molecule has 1 amide bonds. The number of anilines is 2. The zero-order valence-corrected chi connectivity index (χ0v) is 14.9. The molecule has 2 aromatic rings. The van der Waals surface area contributed by atoms with Gasteiger partial charge in [0, 0.05) is 25.4 Å². The summed E-state index contributed by atoms with van der Waals surface area (Å²) in [6.45, 7) is 5.91. The van der Waals surface area contributed by atoms with Gasteiger partial charge in [-0.05, 0) is 32.4 Å². The van der Waals surface area contributed by atoms with Crippen molar-refractivity contribution in [2.45, 2.75) is 32.9 Å². The van der Waals surface area contributed by atoms with E-state index in [1.807, 2.05) is 42.3 Å². The quantitative estimate of drug-likeness (QED) is 0.836. The minimum Gasteiger partial charge on any atom is -0.444 e. The van der Waals surface area contributed by atoms with Gasteiger partial charge in [0.1, 0.15) is 5.60 Å². The first-order chi connectivity index (χ1) is 11.8. The minimum atomic E-state index is -0.635. The number of hydrogen-bond donors (Lipinski definition) is 1. The normalized spacial score (nSPS) is 10.9. The van der Waals surface area contributed by atoms with Crippen LogP contribution in [0.15, 0.2) is 42.6 Å². The summed E-state index contributed by atoms with van der Waals surface area (Å²) < 4.78 is 5.28. The van der Waals surface area contributed by atoms with Crippen molar-refractivity contribution >= 4 is 23.9 Å². The monoisotopic (exact) mass is 341 g/mol. The molecule has 6 nitrogen and oxygen atoms in total. The highest BCUT2D eigenvalue weighted by Gasteiger charge is 2.20. The van der Waals surface area contributed by atoms with Crippen LogP contribution in [-0.2, 0) is 11.3 Å². The van der Waals surface area contributed by atoms with E-state index in [-0.39, 0.29) is 0 Å². The molecule has 132 valence electrons. The molecule has 0 radical (unpaired) electrons. The van der Waals surface area contributed by atoms with Gasteiger partial charge in [0.2, 0.25) is 0 Å². The summed E-state index contributed by atoms with van der Waals surface area (Å²) in [5.41, 5.74) is 1.14. The molecule has 0 unspecified atom stereocenters. The number of amides is 1. The van der Waals surface area contributed by atoms with Gasteiger partial charge in [0.05, 0.1) is 5.69 Å². The molecule has 0 spiro atoms. The fraction of sp³-hybridized carbons (Fsp3) is 0.316. The second kappa shape index (κ2) is 7.79. The summed E-state index contributed by atoms with van der Waals surface area (Å²) in [6.07, 6.45) is 1.60. The zero-order valence-electron chi connectivity index (χ0n) is 14.9. The van der Waals surface area contributed by atoms with E-state index in [1.54, 1.807) is 33.0 Å². The Labute approximate surface area is 147 Å². The number of rotatable bonds is 5. The van der Waals surface area contributed by atoms with E-state index in [9.17, 15) is 9.59 Å². The topological polar surface area (TPSA) is 71.5 Å². The fourth-order valence-electron chi connectivity index (χ4n) is 2.32. The van der Waals surface area contributed by atoms with E-state index in [0.29, 0.717) is 29.9 Å². The number of nitrogens with one attached hydrogen (secondary N) is 1. The van der Waals surface area contributed by atoms with Crippen LogP contribution in [0.3, 0.4) is 0 Å². The van der Waals surface area contributed by atoms with Crippen molar-refractivity contribution in [3.8, 4) is 0 Å². The van der Waals surface area contributed by atoms with Gasteiger partial charge >= 0.3 is 6.09 Å². The zero-order chi connectivity index (χ0) is 18.4. The number of nitrogens with zero attached hydrogens (tertiary/aromatic N) is 2. The molecule has 1 N–H and O–H groups in total. The van der Waals surface area contributed by atoms with Crippen molar-refractivity contribution in [3.05, 3.63) is 53.7 Å². The van der Waals surface area contributed by atoms with Crippen LogP contribution >= 0.6 is 0 Å². The molecule has 1 heterocycles. The van der Waals surface area contributed by atoms with E-state index in [0.717, 1.165) is 5.56 Å². The molecule has 25 heavy (non-hydrogen) atoms. The average molecular weight is 341 g/mol. The van der Waals surface area contributed by atoms with Crippen molar-refractivity contribution in [1.82, 2.24) is 4.98 Å². The molecule has 0 saturated carbocycles. The summed E-state index contributed by atoms with van der Waals surface area (Å²) in [7, 11) is 1.85. The van der Waals surface area contributed by atoms with Crippen LogP contribution in [0.4, 0.5) is 16.3 Å². The highest BCUT2D eigenvalue weighted by Crippen LogP contribution is 2.27. The standard InChI is InChI=1S/C19H23N3O3/c1-19(2,3)25-18(24)21-16-15(13-23)10-11-20-17(16)22(4)12-14-8-6-5-7-9-14/h5-11,13H,12H2,1-4H3,(H,21,24). The lowest BCUT2D eigenvalue weighted by Gasteiger charge is -2.24. The van der Waals surface area contributed by atoms with Crippen molar-refractivity contribution in [3.63, 3.8) is 0 Å². The van der Waals surface area contributed by atoms with Gasteiger partial charge in [-0.25, -0.2) is 9.78 Å². The van der Waals surface area contributed by atoms with Crippen LogP contribution in [0.5, 0.6) is 0 Å². The Morgan fingerprint density at radius 2 is 1.92 bits per heavy atom. The van der Waals surface area contributed by atoms with Crippen molar-refractivity contribution in [2.75, 3.05) is 17.3 Å². The Kier molecular flexibility index (Phi) is 5.75. The number of hydrogen-bond acceptors (Lipinski definition) is 5. The third-order valence-corrected chi connectivity index (χ3v) is 3.34. The van der Waals surface area contributed by atoms with Crippen molar-refractivity contribution < 1.29 is 14.3 Å². The molecular weight excluding hydrogens is 318 g/mol. The number of carbonyl (C=O) groups excluding carboxylic acids is 2. The molecule has 1 aromatic heterocycles.